The molecule has 0 radical (unpaired) electrons. The zero-order valence-corrected chi connectivity index (χ0v) is 10.4. The Bertz CT molecular complexity index is 205. The van der Waals surface area contributed by atoms with Crippen molar-refractivity contribution < 1.29 is 4.74 Å². The van der Waals surface area contributed by atoms with E-state index in [9.17, 15) is 0 Å². The Morgan fingerprint density at radius 1 is 1.67 bits per heavy atom. The molecule has 2 nitrogen and oxygen atoms in total. The van der Waals surface area contributed by atoms with Crippen LogP contribution in [0.3, 0.4) is 0 Å². The minimum atomic E-state index is 0.0871. The van der Waals surface area contributed by atoms with Gasteiger partial charge in [-0.1, -0.05) is 13.0 Å². The normalized spacial score (nSPS) is 33.7. The molecule has 0 amide bonds. The summed E-state index contributed by atoms with van der Waals surface area (Å²) in [6.45, 7) is 11.3. The maximum absolute atomic E-state index is 5.83. The predicted molar refractivity (Wildman–Crippen MR) is 65.1 cm³/mol. The lowest BCUT2D eigenvalue weighted by atomic mass is 9.89. The third-order valence-corrected chi connectivity index (χ3v) is 3.38. The van der Waals surface area contributed by atoms with Gasteiger partial charge in [-0.25, -0.2) is 0 Å². The molecule has 1 saturated heterocycles. The second kappa shape index (κ2) is 5.66. The largest absolute Gasteiger partial charge is 0.375 e. The van der Waals surface area contributed by atoms with Gasteiger partial charge in [0, 0.05) is 18.7 Å². The average molecular weight is 211 g/mol. The molecule has 1 aliphatic rings. The number of hydrogen-bond acceptors (Lipinski definition) is 2. The van der Waals surface area contributed by atoms with E-state index in [2.05, 4.69) is 32.7 Å². The molecular formula is C13H25NO. The van der Waals surface area contributed by atoms with Crippen LogP contribution in [0.4, 0.5) is 0 Å². The first-order valence-electron chi connectivity index (χ1n) is 6.10. The molecule has 0 spiro atoms. The smallest absolute Gasteiger partial charge is 0.0666 e. The van der Waals surface area contributed by atoms with Gasteiger partial charge in [0.25, 0.3) is 0 Å². The van der Waals surface area contributed by atoms with Crippen LogP contribution in [0, 0.1) is 0 Å². The van der Waals surface area contributed by atoms with Crippen LogP contribution in [0.15, 0.2) is 12.7 Å². The van der Waals surface area contributed by atoms with Crippen molar-refractivity contribution in [2.24, 2.45) is 0 Å². The van der Waals surface area contributed by atoms with Crippen LogP contribution in [0.2, 0.25) is 0 Å². The molecule has 0 aromatic heterocycles. The van der Waals surface area contributed by atoms with Crippen LogP contribution in [0.25, 0.3) is 0 Å². The van der Waals surface area contributed by atoms with Gasteiger partial charge in [-0.2, -0.15) is 0 Å². The number of nitrogens with one attached hydrogen (secondary N) is 1. The summed E-state index contributed by atoms with van der Waals surface area (Å²) in [5.41, 5.74) is 0.0871. The van der Waals surface area contributed by atoms with Crippen LogP contribution >= 0.6 is 0 Å². The van der Waals surface area contributed by atoms with Crippen molar-refractivity contribution in [3.8, 4) is 0 Å². The highest BCUT2D eigenvalue weighted by atomic mass is 16.5. The van der Waals surface area contributed by atoms with Crippen molar-refractivity contribution >= 4 is 0 Å². The van der Waals surface area contributed by atoms with Crippen molar-refractivity contribution in [2.45, 2.75) is 64.1 Å². The van der Waals surface area contributed by atoms with E-state index in [-0.39, 0.29) is 5.60 Å². The van der Waals surface area contributed by atoms with E-state index in [0.717, 1.165) is 32.3 Å². The fourth-order valence-corrected chi connectivity index (χ4v) is 2.24. The molecule has 88 valence electrons. The summed E-state index contributed by atoms with van der Waals surface area (Å²) in [4.78, 5) is 0. The van der Waals surface area contributed by atoms with Gasteiger partial charge in [0.05, 0.1) is 5.60 Å². The summed E-state index contributed by atoms with van der Waals surface area (Å²) in [5, 5.41) is 3.66. The van der Waals surface area contributed by atoms with Gasteiger partial charge in [-0.3, -0.25) is 0 Å². The molecule has 1 heterocycles. The molecule has 2 heteroatoms. The number of rotatable bonds is 5. The summed E-state index contributed by atoms with van der Waals surface area (Å²) in [5.74, 6) is 0. The zero-order valence-electron chi connectivity index (χ0n) is 10.4. The van der Waals surface area contributed by atoms with E-state index in [1.807, 2.05) is 6.08 Å². The first kappa shape index (κ1) is 12.7. The Morgan fingerprint density at radius 2 is 2.40 bits per heavy atom. The molecule has 1 N–H and O–H groups in total. The molecule has 0 aromatic carbocycles. The topological polar surface area (TPSA) is 21.3 Å². The summed E-state index contributed by atoms with van der Waals surface area (Å²) in [6.07, 6.45) is 6.39. The average Bonchev–Trinajstić information content (AvgIpc) is 2.18. The van der Waals surface area contributed by atoms with Gasteiger partial charge in [-0.05, 0) is 39.5 Å². The molecule has 1 rings (SSSR count). The van der Waals surface area contributed by atoms with E-state index in [1.54, 1.807) is 0 Å². The third-order valence-electron chi connectivity index (χ3n) is 3.38. The Hall–Kier alpha value is -0.340. The molecule has 1 fully saturated rings. The minimum absolute atomic E-state index is 0.0871. The standard InChI is InChI=1S/C13H25NO/c1-5-7-11(3)14-12-8-9-15-13(4,6-2)10-12/h5,11-12,14H,1,6-10H2,2-4H3. The quantitative estimate of drug-likeness (QED) is 0.706. The van der Waals surface area contributed by atoms with E-state index in [0.29, 0.717) is 12.1 Å². The minimum Gasteiger partial charge on any atom is -0.375 e. The van der Waals surface area contributed by atoms with E-state index >= 15 is 0 Å². The van der Waals surface area contributed by atoms with Crippen LogP contribution in [-0.4, -0.2) is 24.3 Å². The molecule has 0 saturated carbocycles. The predicted octanol–water partition coefficient (Wildman–Crippen LogP) is 2.89. The Labute approximate surface area is 94.1 Å². The number of ether oxygens (including phenoxy) is 1. The first-order valence-corrected chi connectivity index (χ1v) is 6.10. The van der Waals surface area contributed by atoms with Crippen LogP contribution in [-0.2, 0) is 4.74 Å². The van der Waals surface area contributed by atoms with Gasteiger partial charge in [0.1, 0.15) is 0 Å². The second-order valence-electron chi connectivity index (χ2n) is 4.93. The highest BCUT2D eigenvalue weighted by Gasteiger charge is 2.31. The van der Waals surface area contributed by atoms with Gasteiger partial charge in [0.2, 0.25) is 0 Å². The highest BCUT2D eigenvalue weighted by molar-refractivity contribution is 4.87. The lowest BCUT2D eigenvalue weighted by Gasteiger charge is -2.39. The second-order valence-corrected chi connectivity index (χ2v) is 4.93. The van der Waals surface area contributed by atoms with E-state index in [4.69, 9.17) is 4.74 Å². The molecular weight excluding hydrogens is 186 g/mol. The van der Waals surface area contributed by atoms with Crippen molar-refractivity contribution in [3.05, 3.63) is 12.7 Å². The maximum Gasteiger partial charge on any atom is 0.0666 e. The molecule has 15 heavy (non-hydrogen) atoms. The molecule has 0 aromatic rings. The molecule has 0 bridgehead atoms. The lowest BCUT2D eigenvalue weighted by molar-refractivity contribution is -0.0788. The highest BCUT2D eigenvalue weighted by Crippen LogP contribution is 2.27. The van der Waals surface area contributed by atoms with E-state index in [1.165, 1.54) is 0 Å². The van der Waals surface area contributed by atoms with Gasteiger partial charge in [0.15, 0.2) is 0 Å². The summed E-state index contributed by atoms with van der Waals surface area (Å²) >= 11 is 0. The van der Waals surface area contributed by atoms with Crippen molar-refractivity contribution in [2.75, 3.05) is 6.61 Å². The lowest BCUT2D eigenvalue weighted by Crippen LogP contribution is -2.47. The van der Waals surface area contributed by atoms with E-state index < -0.39 is 0 Å². The fourth-order valence-electron chi connectivity index (χ4n) is 2.24. The van der Waals surface area contributed by atoms with Gasteiger partial charge in [-0.15, -0.1) is 6.58 Å². The van der Waals surface area contributed by atoms with Gasteiger partial charge >= 0.3 is 0 Å². The summed E-state index contributed by atoms with van der Waals surface area (Å²) < 4.78 is 5.83. The third kappa shape index (κ3) is 3.96. The Balaban J connectivity index is 2.39. The van der Waals surface area contributed by atoms with Crippen molar-refractivity contribution in [1.82, 2.24) is 5.32 Å². The SMILES string of the molecule is C=CCC(C)NC1CCOC(C)(CC)C1. The number of hydrogen-bond donors (Lipinski definition) is 1. The van der Waals surface area contributed by atoms with Crippen LogP contribution in [0.5, 0.6) is 0 Å². The van der Waals surface area contributed by atoms with Crippen LogP contribution in [0.1, 0.15) is 46.5 Å². The maximum atomic E-state index is 5.83. The van der Waals surface area contributed by atoms with Crippen LogP contribution < -0.4 is 5.32 Å². The van der Waals surface area contributed by atoms with Crippen molar-refractivity contribution in [3.63, 3.8) is 0 Å². The molecule has 1 aliphatic heterocycles. The van der Waals surface area contributed by atoms with Crippen molar-refractivity contribution in [1.29, 1.82) is 0 Å². The molecule has 0 aliphatic carbocycles. The monoisotopic (exact) mass is 211 g/mol. The summed E-state index contributed by atoms with van der Waals surface area (Å²) in [7, 11) is 0. The summed E-state index contributed by atoms with van der Waals surface area (Å²) in [6, 6.07) is 1.14. The van der Waals surface area contributed by atoms with Gasteiger partial charge < -0.3 is 10.1 Å². The fraction of sp³-hybridized carbons (Fsp3) is 0.846. The first-order chi connectivity index (χ1) is 7.09. The molecule has 3 atom stereocenters. The molecule has 3 unspecified atom stereocenters. The Kier molecular flexibility index (Phi) is 4.81. The Morgan fingerprint density at radius 3 is 3.00 bits per heavy atom. The zero-order chi connectivity index (χ0) is 11.3.